The van der Waals surface area contributed by atoms with Gasteiger partial charge in [0.25, 0.3) is 0 Å². The molecular formula is C18H22N6O2. The van der Waals surface area contributed by atoms with Crippen LogP contribution >= 0.6 is 0 Å². The quantitative estimate of drug-likeness (QED) is 0.711. The second kappa shape index (κ2) is 6.80. The van der Waals surface area contributed by atoms with Crippen molar-refractivity contribution in [3.05, 3.63) is 36.0 Å². The molecule has 1 aliphatic heterocycles. The molecule has 1 aromatic carbocycles. The van der Waals surface area contributed by atoms with Crippen molar-refractivity contribution >= 4 is 22.8 Å². The van der Waals surface area contributed by atoms with Gasteiger partial charge in [-0.15, -0.1) is 0 Å². The summed E-state index contributed by atoms with van der Waals surface area (Å²) >= 11 is 0. The highest BCUT2D eigenvalue weighted by molar-refractivity contribution is 5.86. The molecule has 1 unspecified atom stereocenters. The second-order valence-electron chi connectivity index (χ2n) is 6.56. The first-order valence-corrected chi connectivity index (χ1v) is 8.66. The molecule has 0 aliphatic carbocycles. The Morgan fingerprint density at radius 2 is 2.15 bits per heavy atom. The highest BCUT2D eigenvalue weighted by Crippen LogP contribution is 2.29. The minimum atomic E-state index is 0.183. The zero-order chi connectivity index (χ0) is 18.1. The Morgan fingerprint density at radius 1 is 1.31 bits per heavy atom. The summed E-state index contributed by atoms with van der Waals surface area (Å²) in [6, 6.07) is 7.86. The number of hydrogen-bond donors (Lipinski definition) is 2. The number of methoxy groups -OCH3 is 1. The maximum absolute atomic E-state index is 9.40. The van der Waals surface area contributed by atoms with E-state index in [1.54, 1.807) is 7.11 Å². The average molecular weight is 354 g/mol. The van der Waals surface area contributed by atoms with Gasteiger partial charge in [0.1, 0.15) is 11.3 Å². The number of aromatic nitrogens is 4. The Balaban J connectivity index is 1.70. The van der Waals surface area contributed by atoms with E-state index in [4.69, 9.17) is 15.6 Å². The number of nitrogens with zero attached hydrogens (tertiary/aromatic N) is 5. The maximum Gasteiger partial charge on any atom is 0.222 e. The second-order valence-corrected chi connectivity index (χ2v) is 6.56. The molecule has 8 nitrogen and oxygen atoms in total. The largest absolute Gasteiger partial charge is 0.496 e. The standard InChI is InChI=1S/C18H22N6O2/c1-26-15-5-3-2-4-13(15)9-24-10-14-16(22-24)17(21-18(19)20-14)23-7-6-12(8-23)11-25/h2-5,10,12,25H,6-9,11H2,1H3,(H2,19,20). The highest BCUT2D eigenvalue weighted by atomic mass is 16.5. The molecule has 8 heteroatoms. The fourth-order valence-electron chi connectivity index (χ4n) is 3.45. The summed E-state index contributed by atoms with van der Waals surface area (Å²) < 4.78 is 7.25. The summed E-state index contributed by atoms with van der Waals surface area (Å²) in [5.74, 6) is 2.05. The number of nitrogens with two attached hydrogens (primary N) is 1. The minimum absolute atomic E-state index is 0.183. The molecule has 3 heterocycles. The van der Waals surface area contributed by atoms with Crippen LogP contribution < -0.4 is 15.4 Å². The van der Waals surface area contributed by atoms with Crippen LogP contribution in [0.15, 0.2) is 30.5 Å². The molecule has 1 saturated heterocycles. The van der Waals surface area contributed by atoms with Crippen molar-refractivity contribution in [2.24, 2.45) is 5.92 Å². The van der Waals surface area contributed by atoms with Gasteiger partial charge in [0.05, 0.1) is 19.9 Å². The molecule has 1 aliphatic rings. The smallest absolute Gasteiger partial charge is 0.222 e. The van der Waals surface area contributed by atoms with E-state index in [9.17, 15) is 5.11 Å². The number of anilines is 2. The molecule has 0 spiro atoms. The van der Waals surface area contributed by atoms with Crippen molar-refractivity contribution in [2.75, 3.05) is 37.4 Å². The van der Waals surface area contributed by atoms with E-state index in [0.29, 0.717) is 6.54 Å². The molecule has 2 aromatic heterocycles. The van der Waals surface area contributed by atoms with Crippen molar-refractivity contribution in [2.45, 2.75) is 13.0 Å². The number of para-hydroxylation sites is 1. The molecular weight excluding hydrogens is 332 g/mol. The van der Waals surface area contributed by atoms with Crippen molar-refractivity contribution in [3.8, 4) is 5.75 Å². The molecule has 3 aromatic rings. The zero-order valence-corrected chi connectivity index (χ0v) is 14.7. The summed E-state index contributed by atoms with van der Waals surface area (Å²) in [7, 11) is 1.66. The molecule has 0 bridgehead atoms. The molecule has 1 fully saturated rings. The summed E-state index contributed by atoms with van der Waals surface area (Å²) in [6.07, 6.45) is 2.81. The highest BCUT2D eigenvalue weighted by Gasteiger charge is 2.26. The van der Waals surface area contributed by atoms with Crippen molar-refractivity contribution in [1.29, 1.82) is 0 Å². The number of ether oxygens (including phenoxy) is 1. The molecule has 1 atom stereocenters. The van der Waals surface area contributed by atoms with Crippen molar-refractivity contribution in [3.63, 3.8) is 0 Å². The minimum Gasteiger partial charge on any atom is -0.496 e. The SMILES string of the molecule is COc1ccccc1Cn1cc2nc(N)nc(N3CCC(CO)C3)c2n1. The maximum atomic E-state index is 9.40. The van der Waals surface area contributed by atoms with Crippen LogP contribution in [-0.4, -0.2) is 51.7 Å². The van der Waals surface area contributed by atoms with E-state index in [-0.39, 0.29) is 18.5 Å². The first-order valence-electron chi connectivity index (χ1n) is 8.66. The van der Waals surface area contributed by atoms with Crippen LogP contribution in [0.25, 0.3) is 11.0 Å². The van der Waals surface area contributed by atoms with Crippen LogP contribution in [0, 0.1) is 5.92 Å². The summed E-state index contributed by atoms with van der Waals surface area (Å²) in [5.41, 5.74) is 8.39. The molecule has 0 radical (unpaired) electrons. The van der Waals surface area contributed by atoms with E-state index < -0.39 is 0 Å². The Hall–Kier alpha value is -2.87. The molecule has 4 rings (SSSR count). The lowest BCUT2D eigenvalue weighted by atomic mass is 10.1. The van der Waals surface area contributed by atoms with Crippen molar-refractivity contribution in [1.82, 2.24) is 19.7 Å². The zero-order valence-electron chi connectivity index (χ0n) is 14.7. The molecule has 136 valence electrons. The summed E-state index contributed by atoms with van der Waals surface area (Å²) in [5, 5.41) is 14.1. The first kappa shape index (κ1) is 16.6. The lowest BCUT2D eigenvalue weighted by Gasteiger charge is -2.17. The lowest BCUT2D eigenvalue weighted by Crippen LogP contribution is -2.22. The van der Waals surface area contributed by atoms with Gasteiger partial charge in [-0.25, -0.2) is 4.98 Å². The van der Waals surface area contributed by atoms with E-state index >= 15 is 0 Å². The van der Waals surface area contributed by atoms with Crippen LogP contribution in [0.3, 0.4) is 0 Å². The Kier molecular flexibility index (Phi) is 4.34. The Labute approximate surface area is 151 Å². The average Bonchev–Trinajstić information content (AvgIpc) is 3.28. The Morgan fingerprint density at radius 3 is 2.92 bits per heavy atom. The third kappa shape index (κ3) is 3.03. The number of benzene rings is 1. The number of nitrogen functional groups attached to an aromatic ring is 1. The molecule has 0 saturated carbocycles. The first-order chi connectivity index (χ1) is 12.7. The van der Waals surface area contributed by atoms with Gasteiger partial charge in [-0.05, 0) is 12.5 Å². The van der Waals surface area contributed by atoms with E-state index in [2.05, 4.69) is 14.9 Å². The van der Waals surface area contributed by atoms with Gasteiger partial charge >= 0.3 is 0 Å². The Bertz CT molecular complexity index is 925. The van der Waals surface area contributed by atoms with Gasteiger partial charge in [-0.1, -0.05) is 18.2 Å². The number of rotatable bonds is 5. The van der Waals surface area contributed by atoms with Gasteiger partial charge in [0.15, 0.2) is 11.3 Å². The van der Waals surface area contributed by atoms with Crippen LogP contribution in [0.5, 0.6) is 5.75 Å². The topological polar surface area (TPSA) is 102 Å². The fourth-order valence-corrected chi connectivity index (χ4v) is 3.45. The predicted octanol–water partition coefficient (Wildman–Crippen LogP) is 1.28. The number of hydrogen-bond acceptors (Lipinski definition) is 7. The van der Waals surface area contributed by atoms with Crippen LogP contribution in [-0.2, 0) is 6.54 Å². The number of aliphatic hydroxyl groups excluding tert-OH is 1. The van der Waals surface area contributed by atoms with Crippen molar-refractivity contribution < 1.29 is 9.84 Å². The molecule has 26 heavy (non-hydrogen) atoms. The fraction of sp³-hybridized carbons (Fsp3) is 0.389. The third-order valence-corrected chi connectivity index (χ3v) is 4.78. The van der Waals surface area contributed by atoms with Gasteiger partial charge < -0.3 is 20.5 Å². The number of fused-ring (bicyclic) bond motifs is 1. The van der Waals surface area contributed by atoms with Crippen LogP contribution in [0.1, 0.15) is 12.0 Å². The number of aliphatic hydroxyl groups is 1. The molecule has 0 amide bonds. The van der Waals surface area contributed by atoms with Gasteiger partial charge in [-0.2, -0.15) is 10.1 Å². The lowest BCUT2D eigenvalue weighted by molar-refractivity contribution is 0.238. The summed E-state index contributed by atoms with van der Waals surface area (Å²) in [4.78, 5) is 10.9. The van der Waals surface area contributed by atoms with Gasteiger partial charge in [0.2, 0.25) is 5.95 Å². The monoisotopic (exact) mass is 354 g/mol. The molecule has 3 N–H and O–H groups in total. The summed E-state index contributed by atoms with van der Waals surface area (Å²) in [6.45, 7) is 2.33. The third-order valence-electron chi connectivity index (χ3n) is 4.78. The van der Waals surface area contributed by atoms with Gasteiger partial charge in [-0.3, -0.25) is 4.68 Å². The van der Waals surface area contributed by atoms with Crippen LogP contribution in [0.2, 0.25) is 0 Å². The van der Waals surface area contributed by atoms with E-state index in [1.807, 2.05) is 35.1 Å². The predicted molar refractivity (Wildman–Crippen MR) is 99.2 cm³/mol. The van der Waals surface area contributed by atoms with E-state index in [1.165, 1.54) is 0 Å². The van der Waals surface area contributed by atoms with E-state index in [0.717, 1.165) is 47.7 Å². The van der Waals surface area contributed by atoms with Crippen LogP contribution in [0.4, 0.5) is 11.8 Å². The van der Waals surface area contributed by atoms with Gasteiger partial charge in [0, 0.05) is 31.2 Å². The normalized spacial score (nSPS) is 17.2.